The van der Waals surface area contributed by atoms with Crippen molar-refractivity contribution < 1.29 is 0 Å². The van der Waals surface area contributed by atoms with Crippen molar-refractivity contribution in [3.05, 3.63) is 35.5 Å². The quantitative estimate of drug-likeness (QED) is 0.443. The number of hydrogen-bond donors (Lipinski definition) is 5. The summed E-state index contributed by atoms with van der Waals surface area (Å²) in [5.41, 5.74) is 25.1. The number of H-pyrrole nitrogens is 1. The van der Waals surface area contributed by atoms with Crippen molar-refractivity contribution in [2.45, 2.75) is 12.3 Å². The Labute approximate surface area is 87.4 Å². The van der Waals surface area contributed by atoms with Crippen molar-refractivity contribution >= 4 is 10.9 Å². The van der Waals surface area contributed by atoms with Crippen LogP contribution in [0.1, 0.15) is 23.6 Å². The molecule has 1 heterocycles. The van der Waals surface area contributed by atoms with Crippen molar-refractivity contribution in [3.63, 3.8) is 0 Å². The Balaban J connectivity index is 2.64. The molecular weight excluding hydrogens is 190 g/mol. The molecule has 0 fully saturated rings. The van der Waals surface area contributed by atoms with Gasteiger partial charge in [-0.05, 0) is 17.7 Å². The molecule has 5 nitrogen and oxygen atoms in total. The standard InChI is InChI=1S/C10H15N5/c11-9(12)5-2-1-3-7-6(5)4-8(15-7)10(13)14/h1-4,9-10,15H,11-14H2. The summed E-state index contributed by atoms with van der Waals surface area (Å²) in [5.74, 6) is 0. The van der Waals surface area contributed by atoms with Gasteiger partial charge in [-0.25, -0.2) is 0 Å². The zero-order valence-corrected chi connectivity index (χ0v) is 8.27. The SMILES string of the molecule is NC(N)c1cc2c(C(N)N)cccc2[nH]1. The maximum Gasteiger partial charge on any atom is 0.0937 e. The summed E-state index contributed by atoms with van der Waals surface area (Å²) in [6, 6.07) is 7.62. The molecule has 0 amide bonds. The molecule has 0 saturated carbocycles. The number of fused-ring (bicyclic) bond motifs is 1. The first-order chi connectivity index (χ1) is 7.09. The van der Waals surface area contributed by atoms with E-state index in [1.54, 1.807) is 0 Å². The number of nitrogens with one attached hydrogen (secondary N) is 1. The predicted octanol–water partition coefficient (Wildman–Crippen LogP) is -0.0001000. The molecular formula is C10H15N5. The number of rotatable bonds is 2. The Morgan fingerprint density at radius 1 is 1.00 bits per heavy atom. The number of benzene rings is 1. The maximum absolute atomic E-state index is 5.67. The van der Waals surface area contributed by atoms with Gasteiger partial charge in [-0.1, -0.05) is 12.1 Å². The molecule has 1 aromatic carbocycles. The van der Waals surface area contributed by atoms with Gasteiger partial charge in [-0.15, -0.1) is 0 Å². The Bertz CT molecular complexity index is 472. The number of aromatic nitrogens is 1. The highest BCUT2D eigenvalue weighted by Gasteiger charge is 2.10. The highest BCUT2D eigenvalue weighted by molar-refractivity contribution is 5.84. The summed E-state index contributed by atoms with van der Waals surface area (Å²) in [6.07, 6.45) is -1.01. The number of aromatic amines is 1. The molecule has 0 bridgehead atoms. The van der Waals surface area contributed by atoms with Crippen LogP contribution in [0.15, 0.2) is 24.3 Å². The minimum atomic E-state index is -0.515. The van der Waals surface area contributed by atoms with Crippen LogP contribution in [0.2, 0.25) is 0 Å². The third-order valence-corrected chi connectivity index (χ3v) is 2.44. The lowest BCUT2D eigenvalue weighted by molar-refractivity contribution is 0.751. The van der Waals surface area contributed by atoms with Crippen LogP contribution in [0.5, 0.6) is 0 Å². The smallest absolute Gasteiger partial charge is 0.0937 e. The molecule has 0 saturated heterocycles. The summed E-state index contributed by atoms with van der Waals surface area (Å²) in [6.45, 7) is 0. The van der Waals surface area contributed by atoms with E-state index in [1.807, 2.05) is 24.3 Å². The van der Waals surface area contributed by atoms with Crippen LogP contribution in [-0.2, 0) is 0 Å². The van der Waals surface area contributed by atoms with E-state index in [0.717, 1.165) is 22.2 Å². The van der Waals surface area contributed by atoms with Crippen molar-refractivity contribution in [3.8, 4) is 0 Å². The van der Waals surface area contributed by atoms with Crippen LogP contribution in [0.3, 0.4) is 0 Å². The average Bonchev–Trinajstić information content (AvgIpc) is 2.60. The second kappa shape index (κ2) is 3.63. The monoisotopic (exact) mass is 205 g/mol. The molecule has 9 N–H and O–H groups in total. The molecule has 80 valence electrons. The van der Waals surface area contributed by atoms with Gasteiger partial charge in [0.1, 0.15) is 0 Å². The fraction of sp³-hybridized carbons (Fsp3) is 0.200. The van der Waals surface area contributed by atoms with Crippen molar-refractivity contribution in [1.29, 1.82) is 0 Å². The van der Waals surface area contributed by atoms with E-state index >= 15 is 0 Å². The highest BCUT2D eigenvalue weighted by Crippen LogP contribution is 2.23. The van der Waals surface area contributed by atoms with Gasteiger partial charge >= 0.3 is 0 Å². The summed E-state index contributed by atoms with van der Waals surface area (Å²) >= 11 is 0. The van der Waals surface area contributed by atoms with Gasteiger partial charge in [0.2, 0.25) is 0 Å². The van der Waals surface area contributed by atoms with Crippen LogP contribution in [0.25, 0.3) is 10.9 Å². The van der Waals surface area contributed by atoms with Gasteiger partial charge < -0.3 is 27.9 Å². The van der Waals surface area contributed by atoms with Gasteiger partial charge in [-0.3, -0.25) is 0 Å². The van der Waals surface area contributed by atoms with Gasteiger partial charge in [-0.2, -0.15) is 0 Å². The molecule has 5 heteroatoms. The summed E-state index contributed by atoms with van der Waals surface area (Å²) in [4.78, 5) is 3.13. The molecule has 1 aromatic heterocycles. The summed E-state index contributed by atoms with van der Waals surface area (Å²) in [5, 5.41) is 0.975. The van der Waals surface area contributed by atoms with E-state index in [-0.39, 0.29) is 0 Å². The van der Waals surface area contributed by atoms with Gasteiger partial charge in [0.15, 0.2) is 0 Å². The molecule has 2 rings (SSSR count). The molecule has 15 heavy (non-hydrogen) atoms. The van der Waals surface area contributed by atoms with Crippen LogP contribution in [0.4, 0.5) is 0 Å². The van der Waals surface area contributed by atoms with Gasteiger partial charge in [0.05, 0.1) is 12.3 Å². The molecule has 0 unspecified atom stereocenters. The Morgan fingerprint density at radius 3 is 2.33 bits per heavy atom. The van der Waals surface area contributed by atoms with Gasteiger partial charge in [0, 0.05) is 16.6 Å². The zero-order chi connectivity index (χ0) is 11.0. The first kappa shape index (κ1) is 10.1. The molecule has 0 aliphatic heterocycles. The summed E-state index contributed by atoms with van der Waals surface area (Å²) < 4.78 is 0. The van der Waals surface area contributed by atoms with E-state index in [0.29, 0.717) is 0 Å². The average molecular weight is 205 g/mol. The topological polar surface area (TPSA) is 120 Å². The lowest BCUT2D eigenvalue weighted by Crippen LogP contribution is -2.20. The van der Waals surface area contributed by atoms with Crippen molar-refractivity contribution in [2.24, 2.45) is 22.9 Å². The molecule has 0 aliphatic rings. The number of nitrogens with two attached hydrogens (primary N) is 4. The Kier molecular flexibility index (Phi) is 2.45. The third-order valence-electron chi connectivity index (χ3n) is 2.44. The second-order valence-corrected chi connectivity index (χ2v) is 3.58. The molecule has 2 aromatic rings. The fourth-order valence-electron chi connectivity index (χ4n) is 1.67. The summed E-state index contributed by atoms with van der Waals surface area (Å²) in [7, 11) is 0. The fourth-order valence-corrected chi connectivity index (χ4v) is 1.67. The van der Waals surface area contributed by atoms with Gasteiger partial charge in [0.25, 0.3) is 0 Å². The molecule has 0 atom stereocenters. The van der Waals surface area contributed by atoms with E-state index in [2.05, 4.69) is 4.98 Å². The minimum Gasteiger partial charge on any atom is -0.356 e. The normalized spacial score (nSPS) is 11.9. The van der Waals surface area contributed by atoms with E-state index in [1.165, 1.54) is 0 Å². The molecule has 0 aliphatic carbocycles. The van der Waals surface area contributed by atoms with Crippen molar-refractivity contribution in [2.75, 3.05) is 0 Å². The van der Waals surface area contributed by atoms with Crippen LogP contribution < -0.4 is 22.9 Å². The predicted molar refractivity (Wildman–Crippen MR) is 60.5 cm³/mol. The number of hydrogen-bond acceptors (Lipinski definition) is 4. The first-order valence-corrected chi connectivity index (χ1v) is 4.73. The maximum atomic E-state index is 5.67. The molecule has 0 radical (unpaired) electrons. The van der Waals surface area contributed by atoms with Crippen molar-refractivity contribution in [1.82, 2.24) is 4.98 Å². The van der Waals surface area contributed by atoms with Crippen LogP contribution in [0, 0.1) is 0 Å². The van der Waals surface area contributed by atoms with Crippen LogP contribution >= 0.6 is 0 Å². The minimum absolute atomic E-state index is 0.494. The first-order valence-electron chi connectivity index (χ1n) is 4.73. The largest absolute Gasteiger partial charge is 0.356 e. The van der Waals surface area contributed by atoms with E-state index in [4.69, 9.17) is 22.9 Å². The lowest BCUT2D eigenvalue weighted by Gasteiger charge is -2.06. The highest BCUT2D eigenvalue weighted by atomic mass is 14.9. The Hall–Kier alpha value is -1.40. The van der Waals surface area contributed by atoms with E-state index in [9.17, 15) is 0 Å². The zero-order valence-electron chi connectivity index (χ0n) is 8.27. The van der Waals surface area contributed by atoms with E-state index < -0.39 is 12.3 Å². The Morgan fingerprint density at radius 2 is 1.73 bits per heavy atom. The van der Waals surface area contributed by atoms with Crippen LogP contribution in [-0.4, -0.2) is 4.98 Å². The second-order valence-electron chi connectivity index (χ2n) is 3.58. The lowest BCUT2D eigenvalue weighted by atomic mass is 10.1. The molecule has 0 spiro atoms. The third kappa shape index (κ3) is 1.73.